The summed E-state index contributed by atoms with van der Waals surface area (Å²) in [4.78, 5) is 9.82. The second-order valence-corrected chi connectivity index (χ2v) is 3.86. The molecule has 1 heterocycles. The first-order valence-electron chi connectivity index (χ1n) is 5.70. The van der Waals surface area contributed by atoms with Crippen molar-refractivity contribution < 1.29 is 9.53 Å². The first-order valence-corrected chi connectivity index (χ1v) is 5.70. The van der Waals surface area contributed by atoms with Crippen LogP contribution in [0.4, 0.5) is 0 Å². The Hall–Kier alpha value is -1.77. The zero-order valence-electron chi connectivity index (χ0n) is 10.9. The minimum atomic E-state index is -0.211. The van der Waals surface area contributed by atoms with Crippen molar-refractivity contribution in [3.8, 4) is 0 Å². The predicted octanol–water partition coefficient (Wildman–Crippen LogP) is 3.06. The molecule has 0 radical (unpaired) electrons. The summed E-state index contributed by atoms with van der Waals surface area (Å²) < 4.78 is 6.56. The van der Waals surface area contributed by atoms with Crippen molar-refractivity contribution in [1.82, 2.24) is 4.57 Å². The van der Waals surface area contributed by atoms with E-state index in [-0.39, 0.29) is 5.97 Å². The van der Waals surface area contributed by atoms with E-state index in [1.165, 1.54) is 23.4 Å². The van der Waals surface area contributed by atoms with Gasteiger partial charge in [-0.3, -0.25) is 4.79 Å². The van der Waals surface area contributed by atoms with Crippen LogP contribution in [-0.2, 0) is 16.6 Å². The number of benzene rings is 1. The van der Waals surface area contributed by atoms with Crippen LogP contribution in [0.5, 0.6) is 0 Å². The Morgan fingerprint density at radius 3 is 2.47 bits per heavy atom. The number of aromatic nitrogens is 1. The van der Waals surface area contributed by atoms with Crippen molar-refractivity contribution in [2.75, 3.05) is 6.61 Å². The molecule has 1 aromatic heterocycles. The number of fused-ring (bicyclic) bond motifs is 1. The van der Waals surface area contributed by atoms with E-state index < -0.39 is 0 Å². The summed E-state index contributed by atoms with van der Waals surface area (Å²) in [5.74, 6) is -0.211. The number of esters is 1. The number of carbonyl (C=O) groups is 1. The average Bonchev–Trinajstić information content (AvgIpc) is 2.56. The van der Waals surface area contributed by atoms with Gasteiger partial charge in [0.15, 0.2) is 0 Å². The highest BCUT2D eigenvalue weighted by molar-refractivity contribution is 5.83. The highest BCUT2D eigenvalue weighted by Crippen LogP contribution is 2.18. The van der Waals surface area contributed by atoms with Crippen LogP contribution in [0.3, 0.4) is 0 Å². The Morgan fingerprint density at radius 2 is 2.00 bits per heavy atom. The lowest BCUT2D eigenvalue weighted by atomic mass is 10.2. The van der Waals surface area contributed by atoms with Crippen LogP contribution in [0, 0.1) is 6.92 Å². The van der Waals surface area contributed by atoms with Crippen molar-refractivity contribution in [3.63, 3.8) is 0 Å². The molecule has 0 atom stereocenters. The molecule has 0 N–H and O–H groups in total. The Kier molecular flexibility index (Phi) is 4.76. The summed E-state index contributed by atoms with van der Waals surface area (Å²) in [6.45, 7) is 5.79. The maximum absolute atomic E-state index is 9.82. The Labute approximate surface area is 102 Å². The third-order valence-corrected chi connectivity index (χ3v) is 2.44. The number of aryl methyl sites for hydroxylation is 2. The quantitative estimate of drug-likeness (QED) is 0.709. The van der Waals surface area contributed by atoms with Crippen molar-refractivity contribution >= 4 is 16.9 Å². The van der Waals surface area contributed by atoms with E-state index in [2.05, 4.69) is 53.7 Å². The topological polar surface area (TPSA) is 31.2 Å². The molecule has 0 spiro atoms. The number of carbonyl (C=O) groups excluding carboxylic acids is 1. The Morgan fingerprint density at radius 1 is 1.35 bits per heavy atom. The van der Waals surface area contributed by atoms with Crippen LogP contribution in [0.1, 0.15) is 19.4 Å². The van der Waals surface area contributed by atoms with E-state index in [4.69, 9.17) is 0 Å². The fraction of sp³-hybridized carbons (Fsp3) is 0.357. The molecule has 2 aromatic rings. The molecule has 0 unspecified atom stereocenters. The van der Waals surface area contributed by atoms with Gasteiger partial charge in [-0.25, -0.2) is 0 Å². The van der Waals surface area contributed by atoms with E-state index >= 15 is 0 Å². The van der Waals surface area contributed by atoms with E-state index in [1.807, 2.05) is 0 Å². The lowest BCUT2D eigenvalue weighted by molar-refractivity contribution is -0.140. The fourth-order valence-electron chi connectivity index (χ4n) is 1.75. The van der Waals surface area contributed by atoms with Crippen LogP contribution >= 0.6 is 0 Å². The van der Waals surface area contributed by atoms with Crippen LogP contribution in [0.25, 0.3) is 10.9 Å². The van der Waals surface area contributed by atoms with Crippen LogP contribution in [-0.4, -0.2) is 17.1 Å². The van der Waals surface area contributed by atoms with Gasteiger partial charge >= 0.3 is 5.97 Å². The largest absolute Gasteiger partial charge is 0.466 e. The normalized spacial score (nSPS) is 9.65. The molecule has 0 fully saturated rings. The van der Waals surface area contributed by atoms with Gasteiger partial charge in [-0.2, -0.15) is 0 Å². The lowest BCUT2D eigenvalue weighted by Crippen LogP contribution is -1.95. The zero-order chi connectivity index (χ0) is 12.8. The van der Waals surface area contributed by atoms with Crippen LogP contribution in [0.15, 0.2) is 30.5 Å². The minimum absolute atomic E-state index is 0.211. The second kappa shape index (κ2) is 6.09. The number of hydrogen-bond donors (Lipinski definition) is 0. The molecule has 0 aliphatic heterocycles. The third kappa shape index (κ3) is 3.63. The number of hydrogen-bond acceptors (Lipinski definition) is 2. The molecular weight excluding hydrogens is 214 g/mol. The molecule has 0 saturated carbocycles. The van der Waals surface area contributed by atoms with Gasteiger partial charge < -0.3 is 9.30 Å². The van der Waals surface area contributed by atoms with Crippen molar-refractivity contribution in [1.29, 1.82) is 0 Å². The van der Waals surface area contributed by atoms with Crippen molar-refractivity contribution in [3.05, 3.63) is 36.0 Å². The van der Waals surface area contributed by atoms with Crippen LogP contribution < -0.4 is 0 Å². The molecule has 0 aliphatic carbocycles. The highest BCUT2D eigenvalue weighted by Gasteiger charge is 1.99. The summed E-state index contributed by atoms with van der Waals surface area (Å²) in [6.07, 6.45) is 2.16. The molecule has 0 aliphatic rings. The second-order valence-electron chi connectivity index (χ2n) is 3.86. The Balaban J connectivity index is 0.000000209. The Bertz CT molecular complexity index is 464. The van der Waals surface area contributed by atoms with E-state index in [0.29, 0.717) is 6.61 Å². The SMILES string of the molecule is CCOC(C)=O.Cc1cn(C)c2ccccc12. The summed E-state index contributed by atoms with van der Waals surface area (Å²) in [5.41, 5.74) is 2.66. The molecule has 3 nitrogen and oxygen atoms in total. The van der Waals surface area contributed by atoms with Gasteiger partial charge in [-0.05, 0) is 25.5 Å². The summed E-state index contributed by atoms with van der Waals surface area (Å²) >= 11 is 0. The van der Waals surface area contributed by atoms with E-state index in [1.54, 1.807) is 6.92 Å². The lowest BCUT2D eigenvalue weighted by Gasteiger charge is -1.92. The number of nitrogens with zero attached hydrogens (tertiary/aromatic N) is 1. The van der Waals surface area contributed by atoms with E-state index in [9.17, 15) is 4.79 Å². The minimum Gasteiger partial charge on any atom is -0.466 e. The third-order valence-electron chi connectivity index (χ3n) is 2.44. The van der Waals surface area contributed by atoms with Gasteiger partial charge in [0, 0.05) is 31.1 Å². The van der Waals surface area contributed by atoms with Gasteiger partial charge in [0.2, 0.25) is 0 Å². The first kappa shape index (κ1) is 13.3. The standard InChI is InChI=1S/C10H11N.C4H8O2/c1-8-7-11(2)10-6-4-3-5-9(8)10;1-3-6-4(2)5/h3-7H,1-2H3;3H2,1-2H3. The summed E-state index contributed by atoms with van der Waals surface area (Å²) in [7, 11) is 2.08. The molecule has 0 amide bonds. The van der Waals surface area contributed by atoms with Crippen molar-refractivity contribution in [2.24, 2.45) is 7.05 Å². The summed E-state index contributed by atoms with van der Waals surface area (Å²) in [5, 5.41) is 1.36. The molecule has 1 aromatic carbocycles. The number of rotatable bonds is 1. The monoisotopic (exact) mass is 233 g/mol. The zero-order valence-corrected chi connectivity index (χ0v) is 10.9. The van der Waals surface area contributed by atoms with Gasteiger partial charge in [0.1, 0.15) is 0 Å². The first-order chi connectivity index (χ1) is 8.06. The van der Waals surface area contributed by atoms with Gasteiger partial charge in [-0.15, -0.1) is 0 Å². The average molecular weight is 233 g/mol. The van der Waals surface area contributed by atoms with Crippen LogP contribution in [0.2, 0.25) is 0 Å². The van der Waals surface area contributed by atoms with Gasteiger partial charge in [0.05, 0.1) is 6.61 Å². The molecule has 0 saturated heterocycles. The maximum atomic E-state index is 9.82. The molecule has 92 valence electrons. The molecule has 2 rings (SSSR count). The summed E-state index contributed by atoms with van der Waals surface area (Å²) in [6, 6.07) is 8.45. The van der Waals surface area contributed by atoms with Crippen molar-refractivity contribution in [2.45, 2.75) is 20.8 Å². The van der Waals surface area contributed by atoms with E-state index in [0.717, 1.165) is 0 Å². The smallest absolute Gasteiger partial charge is 0.302 e. The van der Waals surface area contributed by atoms with Gasteiger partial charge in [-0.1, -0.05) is 18.2 Å². The molecule has 0 bridgehead atoms. The molecule has 3 heteroatoms. The predicted molar refractivity (Wildman–Crippen MR) is 70.0 cm³/mol. The maximum Gasteiger partial charge on any atom is 0.302 e. The fourth-order valence-corrected chi connectivity index (χ4v) is 1.75. The number of para-hydroxylation sites is 1. The van der Waals surface area contributed by atoms with Gasteiger partial charge in [0.25, 0.3) is 0 Å². The number of ether oxygens (including phenoxy) is 1. The molecular formula is C14H19NO2. The highest BCUT2D eigenvalue weighted by atomic mass is 16.5. The molecule has 17 heavy (non-hydrogen) atoms.